The molecule has 0 aliphatic carbocycles. The summed E-state index contributed by atoms with van der Waals surface area (Å²) in [6.45, 7) is 1.74. The molecule has 0 spiro atoms. The number of hydrogen-bond donors (Lipinski definition) is 1. The third kappa shape index (κ3) is 4.32. The zero-order valence-electron chi connectivity index (χ0n) is 9.79. The summed E-state index contributed by atoms with van der Waals surface area (Å²) in [6.07, 6.45) is 0.306. The molecule has 0 aliphatic heterocycles. The first-order valence-corrected chi connectivity index (χ1v) is 6.82. The second-order valence-corrected chi connectivity index (χ2v) is 5.55. The summed E-state index contributed by atoms with van der Waals surface area (Å²) >= 11 is 0. The molecule has 6 heteroatoms. The van der Waals surface area contributed by atoms with Crippen molar-refractivity contribution in [1.82, 2.24) is 4.72 Å². The Balaban J connectivity index is 2.44. The number of nitrogens with one attached hydrogen (secondary N) is 1. The highest BCUT2D eigenvalue weighted by atomic mass is 32.2. The van der Waals surface area contributed by atoms with Gasteiger partial charge in [-0.15, -0.1) is 0 Å². The summed E-state index contributed by atoms with van der Waals surface area (Å²) in [5.41, 5.74) is 0.380. The van der Waals surface area contributed by atoms with Gasteiger partial charge in [0, 0.05) is 0 Å². The minimum Gasteiger partial charge on any atom is -0.490 e. The topological polar surface area (TPSA) is 55.4 Å². The lowest BCUT2D eigenvalue weighted by atomic mass is 10.2. The monoisotopic (exact) mass is 260 g/mol. The van der Waals surface area contributed by atoms with Crippen LogP contribution in [0, 0.1) is 18.8 Å². The number of ether oxygens (including phenoxy) is 1. The normalized spacial score (nSPS) is 11.5. The first kappa shape index (κ1) is 13.9. The van der Waals surface area contributed by atoms with Crippen molar-refractivity contribution in [3.63, 3.8) is 0 Å². The zero-order valence-corrected chi connectivity index (χ0v) is 10.6. The fourth-order valence-corrected chi connectivity index (χ4v) is 1.91. The molecule has 0 aliphatic rings. The Labute approximate surface area is 101 Å². The lowest BCUT2D eigenvalue weighted by molar-refractivity contribution is 0.301. The molecular formula is C11H15FNO3S. The molecule has 0 atom stereocenters. The molecular weight excluding hydrogens is 245 g/mol. The van der Waals surface area contributed by atoms with Gasteiger partial charge in [-0.2, -0.15) is 0 Å². The van der Waals surface area contributed by atoms with Crippen molar-refractivity contribution in [3.8, 4) is 5.75 Å². The number of halogens is 1. The van der Waals surface area contributed by atoms with Crippen LogP contribution in [0.5, 0.6) is 5.75 Å². The van der Waals surface area contributed by atoms with Gasteiger partial charge in [-0.05, 0) is 38.1 Å². The molecule has 1 rings (SSSR count). The zero-order chi connectivity index (χ0) is 12.9. The summed E-state index contributed by atoms with van der Waals surface area (Å²) in [5.74, 6) is -0.365. The Bertz CT molecular complexity index is 474. The van der Waals surface area contributed by atoms with Crippen LogP contribution in [-0.4, -0.2) is 27.8 Å². The number of hydrogen-bond acceptors (Lipinski definition) is 3. The fourth-order valence-electron chi connectivity index (χ4n) is 1.21. The standard InChI is InChI=1S/C11H15FNO3S/c1-9-5-3-6-10(11(9)12)16-7-4-8-17(14,15)13-2/h3,6,13H,4,7-8H2,1-2H3. The van der Waals surface area contributed by atoms with E-state index >= 15 is 0 Å². The Morgan fingerprint density at radius 1 is 1.53 bits per heavy atom. The van der Waals surface area contributed by atoms with E-state index in [1.54, 1.807) is 13.0 Å². The van der Waals surface area contributed by atoms with E-state index < -0.39 is 15.8 Å². The van der Waals surface area contributed by atoms with Crippen molar-refractivity contribution in [1.29, 1.82) is 0 Å². The van der Waals surface area contributed by atoms with E-state index in [4.69, 9.17) is 4.74 Å². The number of benzene rings is 1. The fraction of sp³-hybridized carbons (Fsp3) is 0.455. The highest BCUT2D eigenvalue weighted by Crippen LogP contribution is 2.19. The van der Waals surface area contributed by atoms with E-state index in [2.05, 4.69) is 10.8 Å². The molecule has 0 fully saturated rings. The summed E-state index contributed by atoms with van der Waals surface area (Å²) in [5, 5.41) is 0. The van der Waals surface area contributed by atoms with Crippen LogP contribution in [0.4, 0.5) is 4.39 Å². The summed E-state index contributed by atoms with van der Waals surface area (Å²) in [6, 6.07) is 5.74. The first-order valence-electron chi connectivity index (χ1n) is 5.17. The predicted octanol–water partition coefficient (Wildman–Crippen LogP) is 1.25. The maximum atomic E-state index is 13.4. The van der Waals surface area contributed by atoms with Crippen LogP contribution >= 0.6 is 0 Å². The van der Waals surface area contributed by atoms with Crippen molar-refractivity contribution >= 4 is 10.0 Å². The Morgan fingerprint density at radius 3 is 2.88 bits per heavy atom. The van der Waals surface area contributed by atoms with E-state index in [1.807, 2.05) is 0 Å². The maximum absolute atomic E-state index is 13.4. The second kappa shape index (κ2) is 5.97. The third-order valence-corrected chi connectivity index (χ3v) is 3.65. The van der Waals surface area contributed by atoms with E-state index in [1.165, 1.54) is 13.1 Å². The summed E-state index contributed by atoms with van der Waals surface area (Å²) < 4.78 is 43.0. The van der Waals surface area contributed by atoms with Crippen molar-refractivity contribution < 1.29 is 17.5 Å². The molecule has 95 valence electrons. The van der Waals surface area contributed by atoms with E-state index in [9.17, 15) is 12.8 Å². The lowest BCUT2D eigenvalue weighted by Gasteiger charge is -2.08. The van der Waals surface area contributed by atoms with Crippen molar-refractivity contribution in [2.24, 2.45) is 0 Å². The van der Waals surface area contributed by atoms with Gasteiger partial charge >= 0.3 is 0 Å². The lowest BCUT2D eigenvalue weighted by Crippen LogP contribution is -2.23. The molecule has 17 heavy (non-hydrogen) atoms. The molecule has 0 amide bonds. The van der Waals surface area contributed by atoms with Crippen molar-refractivity contribution in [2.45, 2.75) is 13.3 Å². The first-order chi connectivity index (χ1) is 7.96. The largest absolute Gasteiger partial charge is 0.490 e. The molecule has 0 bridgehead atoms. The quantitative estimate of drug-likeness (QED) is 0.783. The Morgan fingerprint density at radius 2 is 2.24 bits per heavy atom. The summed E-state index contributed by atoms with van der Waals surface area (Å²) in [4.78, 5) is 0. The molecule has 1 aromatic carbocycles. The van der Waals surface area contributed by atoms with Crippen LogP contribution in [0.2, 0.25) is 0 Å². The summed E-state index contributed by atoms with van der Waals surface area (Å²) in [7, 11) is -1.87. The van der Waals surface area contributed by atoms with E-state index in [0.717, 1.165) is 0 Å². The predicted molar refractivity (Wildman–Crippen MR) is 62.9 cm³/mol. The highest BCUT2D eigenvalue weighted by Gasteiger charge is 2.08. The van der Waals surface area contributed by atoms with Gasteiger partial charge in [0.05, 0.1) is 12.4 Å². The Hall–Kier alpha value is -1.14. The highest BCUT2D eigenvalue weighted by molar-refractivity contribution is 7.89. The van der Waals surface area contributed by atoms with Crippen LogP contribution in [0.1, 0.15) is 12.0 Å². The van der Waals surface area contributed by atoms with Gasteiger partial charge in [0.15, 0.2) is 11.6 Å². The number of sulfonamides is 1. The van der Waals surface area contributed by atoms with Gasteiger partial charge in [0.2, 0.25) is 10.0 Å². The van der Waals surface area contributed by atoms with Gasteiger partial charge in [-0.3, -0.25) is 0 Å². The average Bonchev–Trinajstić information content (AvgIpc) is 2.30. The van der Waals surface area contributed by atoms with Gasteiger partial charge < -0.3 is 4.74 Å². The maximum Gasteiger partial charge on any atom is 0.211 e. The second-order valence-electron chi connectivity index (χ2n) is 3.51. The molecule has 0 saturated carbocycles. The van der Waals surface area contributed by atoms with Crippen LogP contribution in [0.25, 0.3) is 0 Å². The SMILES string of the molecule is CNS(=O)(=O)CCCOc1cc[c]c(C)c1F. The molecule has 0 unspecified atom stereocenters. The van der Waals surface area contributed by atoms with Crippen LogP contribution in [0.3, 0.4) is 0 Å². The van der Waals surface area contributed by atoms with Crippen LogP contribution < -0.4 is 9.46 Å². The number of aryl methyl sites for hydroxylation is 1. The van der Waals surface area contributed by atoms with Crippen molar-refractivity contribution in [3.05, 3.63) is 29.6 Å². The molecule has 1 aromatic rings. The molecule has 4 nitrogen and oxygen atoms in total. The van der Waals surface area contributed by atoms with Gasteiger partial charge in [0.25, 0.3) is 0 Å². The molecule has 1 radical (unpaired) electrons. The molecule has 0 heterocycles. The molecule has 0 aromatic heterocycles. The molecule has 1 N–H and O–H groups in total. The minimum absolute atomic E-state index is 0.0386. The number of rotatable bonds is 6. The average molecular weight is 260 g/mol. The smallest absolute Gasteiger partial charge is 0.211 e. The van der Waals surface area contributed by atoms with Gasteiger partial charge in [-0.25, -0.2) is 17.5 Å². The minimum atomic E-state index is -3.22. The Kier molecular flexibility index (Phi) is 4.89. The van der Waals surface area contributed by atoms with Crippen LogP contribution in [-0.2, 0) is 10.0 Å². The van der Waals surface area contributed by atoms with Crippen LogP contribution in [0.15, 0.2) is 12.1 Å². The third-order valence-electron chi connectivity index (χ3n) is 2.21. The van der Waals surface area contributed by atoms with E-state index in [0.29, 0.717) is 12.0 Å². The molecule has 0 saturated heterocycles. The van der Waals surface area contributed by atoms with Gasteiger partial charge in [-0.1, -0.05) is 6.07 Å². The van der Waals surface area contributed by atoms with E-state index in [-0.39, 0.29) is 18.1 Å². The van der Waals surface area contributed by atoms with Crippen molar-refractivity contribution in [2.75, 3.05) is 19.4 Å². The van der Waals surface area contributed by atoms with Gasteiger partial charge in [0.1, 0.15) is 0 Å².